The van der Waals surface area contributed by atoms with Crippen molar-refractivity contribution >= 4 is 7.41 Å². The summed E-state index contributed by atoms with van der Waals surface area (Å²) in [6, 6.07) is 0. The van der Waals surface area contributed by atoms with E-state index in [1.54, 1.807) is 5.57 Å². The van der Waals surface area contributed by atoms with Crippen LogP contribution in [-0.2, 0) is 0 Å². The van der Waals surface area contributed by atoms with Crippen molar-refractivity contribution in [1.29, 1.82) is 0 Å². The van der Waals surface area contributed by atoms with Gasteiger partial charge in [0.1, 0.15) is 0 Å². The second kappa shape index (κ2) is 4.40. The number of rotatable bonds is 4. The number of hydrogen-bond acceptors (Lipinski definition) is 1. The highest BCUT2D eigenvalue weighted by Crippen LogP contribution is 2.15. The molecule has 0 saturated carbocycles. The molecule has 1 nitrogen and oxygen atoms in total. The molecule has 1 aliphatic carbocycles. The van der Waals surface area contributed by atoms with Gasteiger partial charge in [0, 0.05) is 0 Å². The summed E-state index contributed by atoms with van der Waals surface area (Å²) in [5.41, 5.74) is 1.59. The van der Waals surface area contributed by atoms with Crippen LogP contribution in [0, 0.1) is 0 Å². The molecule has 11 heavy (non-hydrogen) atoms. The van der Waals surface area contributed by atoms with Crippen LogP contribution in [0.5, 0.6) is 0 Å². The summed E-state index contributed by atoms with van der Waals surface area (Å²) in [6.45, 7) is 0. The first kappa shape index (κ1) is 8.60. The van der Waals surface area contributed by atoms with Crippen LogP contribution < -0.4 is 0 Å². The fourth-order valence-corrected chi connectivity index (χ4v) is 1.30. The van der Waals surface area contributed by atoms with Gasteiger partial charge in [-0.15, -0.1) is 0 Å². The number of allylic oxidation sites excluding steroid dienone is 4. The van der Waals surface area contributed by atoms with Gasteiger partial charge in [-0.2, -0.15) is 0 Å². The highest BCUT2D eigenvalue weighted by molar-refractivity contribution is 6.31. The zero-order valence-electron chi connectivity index (χ0n) is 7.51. The summed E-state index contributed by atoms with van der Waals surface area (Å²) >= 11 is 0. The van der Waals surface area contributed by atoms with Crippen molar-refractivity contribution in [2.24, 2.45) is 0 Å². The van der Waals surface area contributed by atoms with Crippen molar-refractivity contribution in [2.45, 2.75) is 19.2 Å². The van der Waals surface area contributed by atoms with Crippen molar-refractivity contribution in [3.05, 3.63) is 23.8 Å². The van der Waals surface area contributed by atoms with Crippen molar-refractivity contribution in [3.8, 4) is 0 Å². The third-order valence-corrected chi connectivity index (χ3v) is 1.95. The Balaban J connectivity index is 2.04. The van der Waals surface area contributed by atoms with E-state index in [0.29, 0.717) is 0 Å². The van der Waals surface area contributed by atoms with E-state index in [0.717, 1.165) is 0 Å². The van der Waals surface area contributed by atoms with Crippen LogP contribution in [0.15, 0.2) is 23.8 Å². The summed E-state index contributed by atoms with van der Waals surface area (Å²) in [7, 11) is 5.46. The monoisotopic (exact) mass is 149 g/mol. The molecule has 0 amide bonds. The van der Waals surface area contributed by atoms with E-state index in [1.165, 1.54) is 26.6 Å². The minimum atomic E-state index is 1.19. The van der Waals surface area contributed by atoms with Gasteiger partial charge in [-0.05, 0) is 26.9 Å². The molecular formula is C9H16BN. The molecule has 0 aromatic carbocycles. The molecule has 1 aliphatic rings. The predicted molar refractivity (Wildman–Crippen MR) is 52.1 cm³/mol. The third-order valence-electron chi connectivity index (χ3n) is 1.95. The fraction of sp³-hybridized carbons (Fsp3) is 0.556. The number of nitrogens with zero attached hydrogens (tertiary/aromatic N) is 1. The maximum atomic E-state index is 2.25. The van der Waals surface area contributed by atoms with Crippen molar-refractivity contribution in [1.82, 2.24) is 4.81 Å². The molecular weight excluding hydrogens is 133 g/mol. The van der Waals surface area contributed by atoms with Crippen LogP contribution in [0.3, 0.4) is 0 Å². The molecule has 2 heteroatoms. The van der Waals surface area contributed by atoms with Gasteiger partial charge in [0.15, 0.2) is 0 Å². The van der Waals surface area contributed by atoms with Gasteiger partial charge >= 0.3 is 0 Å². The summed E-state index contributed by atoms with van der Waals surface area (Å²) in [5, 5.41) is 0. The standard InChI is InChI=1S/C9H16BN/c1-11(2)10-8-7-9-5-3-4-6-9/h3-5,10H,6-8H2,1-2H3. The first-order valence-corrected chi connectivity index (χ1v) is 4.28. The van der Waals surface area contributed by atoms with Crippen LogP contribution in [0.2, 0.25) is 6.32 Å². The van der Waals surface area contributed by atoms with E-state index in [1.807, 2.05) is 0 Å². The summed E-state index contributed by atoms with van der Waals surface area (Å²) in [4.78, 5) is 2.24. The SMILES string of the molecule is CN(C)BCCC1=CC=CC1. The second-order valence-corrected chi connectivity index (χ2v) is 3.36. The van der Waals surface area contributed by atoms with Gasteiger partial charge < -0.3 is 4.81 Å². The fourth-order valence-electron chi connectivity index (χ4n) is 1.30. The third kappa shape index (κ3) is 3.42. The first-order valence-electron chi connectivity index (χ1n) is 4.28. The average Bonchev–Trinajstić information content (AvgIpc) is 2.39. The molecule has 0 bridgehead atoms. The molecule has 0 aromatic heterocycles. The molecule has 60 valence electrons. The van der Waals surface area contributed by atoms with Gasteiger partial charge in [0.2, 0.25) is 7.41 Å². The van der Waals surface area contributed by atoms with Crippen molar-refractivity contribution in [2.75, 3.05) is 14.1 Å². The van der Waals surface area contributed by atoms with E-state index in [2.05, 4.69) is 37.1 Å². The average molecular weight is 149 g/mol. The number of hydrogen-bond donors (Lipinski definition) is 0. The maximum absolute atomic E-state index is 2.25. The van der Waals surface area contributed by atoms with Crippen molar-refractivity contribution < 1.29 is 0 Å². The summed E-state index contributed by atoms with van der Waals surface area (Å²) in [6.07, 6.45) is 10.4. The highest BCUT2D eigenvalue weighted by Gasteiger charge is 2.00. The molecule has 0 aromatic rings. The Morgan fingerprint density at radius 2 is 2.36 bits per heavy atom. The summed E-state index contributed by atoms with van der Waals surface area (Å²) < 4.78 is 0. The summed E-state index contributed by atoms with van der Waals surface area (Å²) in [5.74, 6) is 0. The van der Waals surface area contributed by atoms with Crippen LogP contribution in [0.1, 0.15) is 12.8 Å². The Morgan fingerprint density at radius 3 is 2.91 bits per heavy atom. The predicted octanol–water partition coefficient (Wildman–Crippen LogP) is 1.59. The zero-order chi connectivity index (χ0) is 8.10. The molecule has 0 atom stereocenters. The van der Waals surface area contributed by atoms with Gasteiger partial charge in [0.25, 0.3) is 0 Å². The molecule has 0 fully saturated rings. The van der Waals surface area contributed by atoms with Crippen molar-refractivity contribution in [3.63, 3.8) is 0 Å². The van der Waals surface area contributed by atoms with Crippen LogP contribution >= 0.6 is 0 Å². The molecule has 1 rings (SSSR count). The highest BCUT2D eigenvalue weighted by atomic mass is 15.0. The molecule has 0 heterocycles. The van der Waals surface area contributed by atoms with Gasteiger partial charge in [-0.25, -0.2) is 0 Å². The van der Waals surface area contributed by atoms with Crippen LogP contribution in [-0.4, -0.2) is 26.3 Å². The lowest BCUT2D eigenvalue weighted by Gasteiger charge is -2.06. The Hall–Kier alpha value is -0.495. The lowest BCUT2D eigenvalue weighted by Crippen LogP contribution is -2.16. The Kier molecular flexibility index (Phi) is 3.44. The van der Waals surface area contributed by atoms with E-state index in [9.17, 15) is 0 Å². The molecule has 0 spiro atoms. The lowest BCUT2D eigenvalue weighted by molar-refractivity contribution is 0.655. The Bertz CT molecular complexity index is 170. The molecule has 0 aliphatic heterocycles. The molecule has 0 N–H and O–H groups in total. The normalized spacial score (nSPS) is 15.7. The Labute approximate surface area is 70.0 Å². The van der Waals surface area contributed by atoms with E-state index in [-0.39, 0.29) is 0 Å². The van der Waals surface area contributed by atoms with E-state index < -0.39 is 0 Å². The largest absolute Gasteiger partial charge is 0.350 e. The Morgan fingerprint density at radius 1 is 1.55 bits per heavy atom. The van der Waals surface area contributed by atoms with Gasteiger partial charge in [0.05, 0.1) is 0 Å². The maximum Gasteiger partial charge on any atom is 0.203 e. The van der Waals surface area contributed by atoms with E-state index in [4.69, 9.17) is 0 Å². The van der Waals surface area contributed by atoms with Crippen LogP contribution in [0.4, 0.5) is 0 Å². The minimum Gasteiger partial charge on any atom is -0.350 e. The zero-order valence-corrected chi connectivity index (χ0v) is 7.51. The van der Waals surface area contributed by atoms with E-state index >= 15 is 0 Å². The molecule has 0 radical (unpaired) electrons. The van der Waals surface area contributed by atoms with Gasteiger partial charge in [-0.3, -0.25) is 0 Å². The van der Waals surface area contributed by atoms with Crippen LogP contribution in [0.25, 0.3) is 0 Å². The quantitative estimate of drug-likeness (QED) is 0.548. The smallest absolute Gasteiger partial charge is 0.203 e. The lowest BCUT2D eigenvalue weighted by atomic mass is 9.83. The minimum absolute atomic E-state index is 1.19. The first-order chi connectivity index (χ1) is 5.29. The second-order valence-electron chi connectivity index (χ2n) is 3.36. The van der Waals surface area contributed by atoms with Gasteiger partial charge in [-0.1, -0.05) is 30.1 Å². The molecule has 0 unspecified atom stereocenters. The topological polar surface area (TPSA) is 3.24 Å². The molecule has 0 saturated heterocycles.